The van der Waals surface area contributed by atoms with Crippen molar-refractivity contribution in [3.63, 3.8) is 0 Å². The zero-order valence-corrected chi connectivity index (χ0v) is 13.9. The van der Waals surface area contributed by atoms with Gasteiger partial charge in [-0.3, -0.25) is 20.1 Å². The van der Waals surface area contributed by atoms with E-state index in [-0.39, 0.29) is 6.54 Å². The standard InChI is InChI=1S/C13H18N6O3S/c1-8(2)6-10-16-17-13(23-10)15-12(21)14-9-4-5-19(18-9)7-11(20)22-3/h4-5,8H,6-7H2,1-3H3,(H2,14,15,17,18,21). The average Bonchev–Trinajstić information content (AvgIpc) is 3.08. The maximum atomic E-state index is 11.9. The molecule has 0 aromatic carbocycles. The predicted octanol–water partition coefficient (Wildman–Crippen LogP) is 1.75. The van der Waals surface area contributed by atoms with Crippen molar-refractivity contribution in [1.82, 2.24) is 20.0 Å². The van der Waals surface area contributed by atoms with Crippen LogP contribution in [0.15, 0.2) is 12.3 Å². The number of urea groups is 1. The van der Waals surface area contributed by atoms with E-state index in [4.69, 9.17) is 0 Å². The quantitative estimate of drug-likeness (QED) is 0.776. The Kier molecular flexibility index (Phi) is 5.63. The van der Waals surface area contributed by atoms with Gasteiger partial charge in [-0.05, 0) is 5.92 Å². The fraction of sp³-hybridized carbons (Fsp3) is 0.462. The molecule has 0 atom stereocenters. The SMILES string of the molecule is COC(=O)Cn1ccc(NC(=O)Nc2nnc(CC(C)C)s2)n1. The highest BCUT2D eigenvalue weighted by atomic mass is 32.1. The molecule has 2 heterocycles. The maximum absolute atomic E-state index is 11.9. The lowest BCUT2D eigenvalue weighted by molar-refractivity contribution is -0.141. The molecule has 0 unspecified atom stereocenters. The van der Waals surface area contributed by atoms with Crippen LogP contribution >= 0.6 is 11.3 Å². The number of nitrogens with zero attached hydrogens (tertiary/aromatic N) is 4. The Balaban J connectivity index is 1.87. The number of hydrogen-bond acceptors (Lipinski definition) is 7. The largest absolute Gasteiger partial charge is 0.468 e. The van der Waals surface area contributed by atoms with E-state index in [0.717, 1.165) is 11.4 Å². The van der Waals surface area contributed by atoms with Crippen LogP contribution in [-0.4, -0.2) is 39.1 Å². The molecule has 2 N–H and O–H groups in total. The fourth-order valence-corrected chi connectivity index (χ4v) is 2.64. The average molecular weight is 338 g/mol. The van der Waals surface area contributed by atoms with Gasteiger partial charge in [0.2, 0.25) is 5.13 Å². The van der Waals surface area contributed by atoms with E-state index >= 15 is 0 Å². The van der Waals surface area contributed by atoms with Gasteiger partial charge in [-0.1, -0.05) is 25.2 Å². The summed E-state index contributed by atoms with van der Waals surface area (Å²) in [5.41, 5.74) is 0. The summed E-state index contributed by atoms with van der Waals surface area (Å²) in [6, 6.07) is 1.10. The number of aromatic nitrogens is 4. The molecule has 0 aliphatic rings. The summed E-state index contributed by atoms with van der Waals surface area (Å²) >= 11 is 1.34. The van der Waals surface area contributed by atoms with Gasteiger partial charge in [-0.25, -0.2) is 4.79 Å². The topological polar surface area (TPSA) is 111 Å². The normalized spacial score (nSPS) is 10.6. The summed E-state index contributed by atoms with van der Waals surface area (Å²) < 4.78 is 5.91. The molecule has 0 saturated heterocycles. The van der Waals surface area contributed by atoms with Crippen LogP contribution in [0, 0.1) is 5.92 Å². The second-order valence-corrected chi connectivity index (χ2v) is 6.21. The van der Waals surface area contributed by atoms with Crippen molar-refractivity contribution in [2.24, 2.45) is 5.92 Å². The molecule has 0 aliphatic carbocycles. The Morgan fingerprint density at radius 3 is 2.83 bits per heavy atom. The van der Waals surface area contributed by atoms with Gasteiger partial charge in [0.05, 0.1) is 7.11 Å². The van der Waals surface area contributed by atoms with Crippen molar-refractivity contribution >= 4 is 34.3 Å². The number of carbonyl (C=O) groups is 2. The minimum Gasteiger partial charge on any atom is -0.468 e. The number of ether oxygens (including phenoxy) is 1. The predicted molar refractivity (Wildman–Crippen MR) is 85.3 cm³/mol. The second kappa shape index (κ2) is 7.68. The van der Waals surface area contributed by atoms with Gasteiger partial charge < -0.3 is 4.74 Å². The van der Waals surface area contributed by atoms with Gasteiger partial charge in [-0.2, -0.15) is 5.10 Å². The van der Waals surface area contributed by atoms with Crippen LogP contribution < -0.4 is 10.6 Å². The van der Waals surface area contributed by atoms with Crippen LogP contribution in [-0.2, 0) is 22.5 Å². The molecule has 2 rings (SSSR count). The van der Waals surface area contributed by atoms with Gasteiger partial charge in [0.25, 0.3) is 0 Å². The molecule has 9 nitrogen and oxygen atoms in total. The fourth-order valence-electron chi connectivity index (χ4n) is 1.69. The van der Waals surface area contributed by atoms with Crippen LogP contribution in [0.1, 0.15) is 18.9 Å². The highest BCUT2D eigenvalue weighted by Crippen LogP contribution is 2.18. The molecular formula is C13H18N6O3S. The van der Waals surface area contributed by atoms with Crippen molar-refractivity contribution < 1.29 is 14.3 Å². The van der Waals surface area contributed by atoms with Gasteiger partial charge >= 0.3 is 12.0 Å². The van der Waals surface area contributed by atoms with Crippen molar-refractivity contribution in [3.05, 3.63) is 17.3 Å². The van der Waals surface area contributed by atoms with Crippen LogP contribution in [0.3, 0.4) is 0 Å². The van der Waals surface area contributed by atoms with Gasteiger partial charge in [-0.15, -0.1) is 10.2 Å². The summed E-state index contributed by atoms with van der Waals surface area (Å²) in [5.74, 6) is 0.373. The third-order valence-corrected chi connectivity index (χ3v) is 3.53. The summed E-state index contributed by atoms with van der Waals surface area (Å²) in [4.78, 5) is 23.0. The maximum Gasteiger partial charge on any atom is 0.327 e. The van der Waals surface area contributed by atoms with E-state index < -0.39 is 12.0 Å². The third kappa shape index (κ3) is 5.33. The summed E-state index contributed by atoms with van der Waals surface area (Å²) in [6.45, 7) is 4.16. The number of esters is 1. The van der Waals surface area contributed by atoms with Crippen molar-refractivity contribution in [2.45, 2.75) is 26.8 Å². The monoisotopic (exact) mass is 338 g/mol. The second-order valence-electron chi connectivity index (χ2n) is 5.15. The zero-order chi connectivity index (χ0) is 16.8. The lowest BCUT2D eigenvalue weighted by Gasteiger charge is -2.02. The number of rotatable bonds is 6. The van der Waals surface area contributed by atoms with Gasteiger partial charge in [0, 0.05) is 18.7 Å². The third-order valence-electron chi connectivity index (χ3n) is 2.67. The molecule has 2 amide bonds. The van der Waals surface area contributed by atoms with Crippen molar-refractivity contribution in [2.75, 3.05) is 17.7 Å². The van der Waals surface area contributed by atoms with E-state index in [9.17, 15) is 9.59 Å². The zero-order valence-electron chi connectivity index (χ0n) is 13.1. The molecule has 2 aromatic heterocycles. The summed E-state index contributed by atoms with van der Waals surface area (Å²) in [7, 11) is 1.30. The first kappa shape index (κ1) is 16.9. The molecule has 0 saturated carbocycles. The van der Waals surface area contributed by atoms with Crippen molar-refractivity contribution in [3.8, 4) is 0 Å². The minimum absolute atomic E-state index is 0.0191. The van der Waals surface area contributed by atoms with Crippen LogP contribution in [0.2, 0.25) is 0 Å². The smallest absolute Gasteiger partial charge is 0.327 e. The van der Waals surface area contributed by atoms with Crippen LogP contribution in [0.4, 0.5) is 15.7 Å². The number of anilines is 2. The van der Waals surface area contributed by atoms with E-state index in [1.54, 1.807) is 12.3 Å². The van der Waals surface area contributed by atoms with E-state index in [0.29, 0.717) is 16.9 Å². The summed E-state index contributed by atoms with van der Waals surface area (Å²) in [6.07, 6.45) is 2.39. The number of hydrogen-bond donors (Lipinski definition) is 2. The highest BCUT2D eigenvalue weighted by Gasteiger charge is 2.11. The summed E-state index contributed by atoms with van der Waals surface area (Å²) in [5, 5.41) is 18.4. The van der Waals surface area contributed by atoms with Crippen LogP contribution in [0.25, 0.3) is 0 Å². The molecule has 23 heavy (non-hydrogen) atoms. The number of amides is 2. The highest BCUT2D eigenvalue weighted by molar-refractivity contribution is 7.15. The Morgan fingerprint density at radius 1 is 1.35 bits per heavy atom. The van der Waals surface area contributed by atoms with E-state index in [1.165, 1.54) is 23.1 Å². The van der Waals surface area contributed by atoms with E-state index in [2.05, 4.69) is 44.5 Å². The Morgan fingerprint density at radius 2 is 2.13 bits per heavy atom. The minimum atomic E-state index is -0.472. The molecule has 0 aliphatic heterocycles. The molecule has 0 radical (unpaired) electrons. The lowest BCUT2D eigenvalue weighted by atomic mass is 10.1. The first-order valence-electron chi connectivity index (χ1n) is 6.97. The van der Waals surface area contributed by atoms with Crippen molar-refractivity contribution in [1.29, 1.82) is 0 Å². The Hall–Kier alpha value is -2.49. The molecule has 0 bridgehead atoms. The molecular weight excluding hydrogens is 320 g/mol. The molecule has 2 aromatic rings. The lowest BCUT2D eigenvalue weighted by Crippen LogP contribution is -2.20. The first-order chi connectivity index (χ1) is 11.0. The van der Waals surface area contributed by atoms with E-state index in [1.807, 2.05) is 0 Å². The van der Waals surface area contributed by atoms with Gasteiger partial charge in [0.15, 0.2) is 5.82 Å². The Labute approximate surface area is 137 Å². The molecule has 124 valence electrons. The molecule has 10 heteroatoms. The number of methoxy groups -OCH3 is 1. The number of carbonyl (C=O) groups excluding carboxylic acids is 2. The van der Waals surface area contributed by atoms with Gasteiger partial charge in [0.1, 0.15) is 11.6 Å². The molecule has 0 fully saturated rings. The van der Waals surface area contributed by atoms with Crippen LogP contribution in [0.5, 0.6) is 0 Å². The first-order valence-corrected chi connectivity index (χ1v) is 7.78. The Bertz CT molecular complexity index is 681. The number of nitrogens with one attached hydrogen (secondary N) is 2. The molecule has 0 spiro atoms.